The first-order valence-electron chi connectivity index (χ1n) is 10.1. The number of hydrogen-bond acceptors (Lipinski definition) is 7. The first-order chi connectivity index (χ1) is 15.1. The predicted octanol–water partition coefficient (Wildman–Crippen LogP) is 1.81. The Kier molecular flexibility index (Phi) is 6.80. The zero-order valence-electron chi connectivity index (χ0n) is 17.9. The normalized spacial score (nSPS) is 26.9. The summed E-state index contributed by atoms with van der Waals surface area (Å²) in [5.41, 5.74) is -1.66. The predicted molar refractivity (Wildman–Crippen MR) is 114 cm³/mol. The second kappa shape index (κ2) is 9.07. The van der Waals surface area contributed by atoms with Gasteiger partial charge in [-0.15, -0.1) is 0 Å². The van der Waals surface area contributed by atoms with Crippen LogP contribution in [0.15, 0.2) is 16.6 Å². The fourth-order valence-corrected chi connectivity index (χ4v) is 5.30. The number of nitrogens with zero attached hydrogens (tertiary/aromatic N) is 1. The van der Waals surface area contributed by atoms with Gasteiger partial charge in [0.05, 0.1) is 36.9 Å². The summed E-state index contributed by atoms with van der Waals surface area (Å²) < 4.78 is 11.2. The lowest BCUT2D eigenvalue weighted by Gasteiger charge is -2.30. The molecule has 0 saturated carbocycles. The monoisotopic (exact) mass is 512 g/mol. The highest BCUT2D eigenvalue weighted by atomic mass is 79.9. The van der Waals surface area contributed by atoms with Gasteiger partial charge >= 0.3 is 11.9 Å². The van der Waals surface area contributed by atoms with Gasteiger partial charge in [0.15, 0.2) is 11.5 Å². The molecule has 2 aliphatic rings. The van der Waals surface area contributed by atoms with E-state index in [2.05, 4.69) is 21.2 Å². The molecule has 10 nitrogen and oxygen atoms in total. The molecule has 3 rings (SSSR count). The fraction of sp³-hybridized carbons (Fsp3) is 0.524. The van der Waals surface area contributed by atoms with Crippen molar-refractivity contribution in [3.05, 3.63) is 22.2 Å². The number of hydrogen-bond donors (Lipinski definition) is 3. The molecule has 3 N–H and O–H groups in total. The van der Waals surface area contributed by atoms with Crippen LogP contribution in [0.5, 0.6) is 11.5 Å². The molecule has 2 heterocycles. The Balaban J connectivity index is 2.17. The zero-order chi connectivity index (χ0) is 23.8. The highest BCUT2D eigenvalue weighted by Gasteiger charge is 2.69. The summed E-state index contributed by atoms with van der Waals surface area (Å²) in [5, 5.41) is 22.4. The average Bonchev–Trinajstić information content (AvgIpc) is 3.20. The SMILES string of the molecule is CCCCN1C(=O)C2C(c3cc(Br)c(OC)c(OC)c3)NC(CC(=O)O)(C(=O)O)C2C1=O. The largest absolute Gasteiger partial charge is 0.493 e. The van der Waals surface area contributed by atoms with Crippen LogP contribution in [0.4, 0.5) is 0 Å². The van der Waals surface area contributed by atoms with Gasteiger partial charge in [0, 0.05) is 12.6 Å². The Labute approximate surface area is 193 Å². The summed E-state index contributed by atoms with van der Waals surface area (Å²) in [7, 11) is 2.89. The molecule has 4 atom stereocenters. The van der Waals surface area contributed by atoms with Crippen LogP contribution in [0.25, 0.3) is 0 Å². The van der Waals surface area contributed by atoms with E-state index in [1.165, 1.54) is 14.2 Å². The Morgan fingerprint density at radius 2 is 1.88 bits per heavy atom. The molecule has 1 aromatic carbocycles. The average molecular weight is 513 g/mol. The van der Waals surface area contributed by atoms with Crippen LogP contribution in [0.2, 0.25) is 0 Å². The van der Waals surface area contributed by atoms with Crippen molar-refractivity contribution in [2.24, 2.45) is 11.8 Å². The lowest BCUT2D eigenvalue weighted by molar-refractivity contribution is -0.156. The first kappa shape index (κ1) is 24.0. The number of carbonyl (C=O) groups excluding carboxylic acids is 2. The van der Waals surface area contributed by atoms with E-state index in [0.717, 1.165) is 11.3 Å². The van der Waals surface area contributed by atoms with Crippen molar-refractivity contribution in [3.63, 3.8) is 0 Å². The van der Waals surface area contributed by atoms with Gasteiger partial charge in [-0.25, -0.2) is 0 Å². The van der Waals surface area contributed by atoms with E-state index in [1.807, 2.05) is 6.92 Å². The minimum Gasteiger partial charge on any atom is -0.493 e. The molecule has 2 amide bonds. The molecule has 1 aromatic rings. The van der Waals surface area contributed by atoms with E-state index in [4.69, 9.17) is 9.47 Å². The topological polar surface area (TPSA) is 142 Å². The van der Waals surface area contributed by atoms with Gasteiger partial charge < -0.3 is 19.7 Å². The summed E-state index contributed by atoms with van der Waals surface area (Å²) in [4.78, 5) is 51.6. The number of carboxylic acids is 2. The van der Waals surface area contributed by atoms with E-state index in [-0.39, 0.29) is 6.54 Å². The van der Waals surface area contributed by atoms with Crippen molar-refractivity contribution in [1.29, 1.82) is 0 Å². The standard InChI is InChI=1S/C21H25BrN2O8/c1-4-5-6-24-18(27)14-15(19(24)28)21(20(29)30,9-13(25)26)23-16(14)10-7-11(22)17(32-3)12(8-10)31-2/h7-8,14-16,23H,4-6,9H2,1-3H3,(H,25,26)(H,29,30). The Morgan fingerprint density at radius 3 is 2.41 bits per heavy atom. The lowest BCUT2D eigenvalue weighted by Crippen LogP contribution is -2.57. The number of halogens is 1. The van der Waals surface area contributed by atoms with Crippen molar-refractivity contribution in [1.82, 2.24) is 10.2 Å². The van der Waals surface area contributed by atoms with Gasteiger partial charge in [0.25, 0.3) is 0 Å². The maximum Gasteiger partial charge on any atom is 0.325 e. The van der Waals surface area contributed by atoms with Crippen molar-refractivity contribution in [2.45, 2.75) is 37.8 Å². The van der Waals surface area contributed by atoms with E-state index in [0.29, 0.717) is 28.0 Å². The highest BCUT2D eigenvalue weighted by molar-refractivity contribution is 9.10. The van der Waals surface area contributed by atoms with Gasteiger partial charge in [-0.1, -0.05) is 13.3 Å². The molecule has 0 aromatic heterocycles. The van der Waals surface area contributed by atoms with Gasteiger partial charge in [-0.2, -0.15) is 0 Å². The third-order valence-corrected chi connectivity index (χ3v) is 6.70. The molecule has 32 heavy (non-hydrogen) atoms. The number of unbranched alkanes of at least 4 members (excludes halogenated alkanes) is 1. The van der Waals surface area contributed by atoms with Crippen molar-refractivity contribution in [2.75, 3.05) is 20.8 Å². The van der Waals surface area contributed by atoms with Crippen molar-refractivity contribution >= 4 is 39.7 Å². The number of amides is 2. The van der Waals surface area contributed by atoms with Crippen molar-refractivity contribution < 1.29 is 38.9 Å². The number of carbonyl (C=O) groups is 4. The molecule has 2 aliphatic heterocycles. The number of methoxy groups -OCH3 is 2. The van der Waals surface area contributed by atoms with Gasteiger partial charge in [0.2, 0.25) is 11.8 Å². The zero-order valence-corrected chi connectivity index (χ0v) is 19.5. The molecule has 4 unspecified atom stereocenters. The molecule has 0 spiro atoms. The van der Waals surface area contributed by atoms with Gasteiger partial charge in [-0.3, -0.25) is 29.4 Å². The molecule has 0 aliphatic carbocycles. The number of imide groups is 1. The third kappa shape index (κ3) is 3.73. The molecule has 2 saturated heterocycles. The Bertz CT molecular complexity index is 967. The molecular formula is C21H25BrN2O8. The summed E-state index contributed by atoms with van der Waals surface area (Å²) in [5.74, 6) is -5.73. The number of fused-ring (bicyclic) bond motifs is 1. The maximum absolute atomic E-state index is 13.3. The number of likely N-dealkylation sites (tertiary alicyclic amines) is 1. The van der Waals surface area contributed by atoms with E-state index in [1.54, 1.807) is 12.1 Å². The van der Waals surface area contributed by atoms with Crippen LogP contribution in [0.3, 0.4) is 0 Å². The number of carboxylic acid groups (broad SMARTS) is 2. The molecule has 174 valence electrons. The van der Waals surface area contributed by atoms with E-state index < -0.39 is 53.6 Å². The Morgan fingerprint density at radius 1 is 1.19 bits per heavy atom. The number of benzene rings is 1. The third-order valence-electron chi connectivity index (χ3n) is 6.11. The quantitative estimate of drug-likeness (QED) is 0.422. The summed E-state index contributed by atoms with van der Waals surface area (Å²) in [6.07, 6.45) is 0.445. The first-order valence-corrected chi connectivity index (χ1v) is 10.9. The van der Waals surface area contributed by atoms with Crippen LogP contribution < -0.4 is 14.8 Å². The molecule has 2 fully saturated rings. The molecule has 0 radical (unpaired) electrons. The lowest BCUT2D eigenvalue weighted by atomic mass is 9.77. The van der Waals surface area contributed by atoms with Gasteiger partial charge in [0.1, 0.15) is 5.54 Å². The minimum atomic E-state index is -2.13. The molecular weight excluding hydrogens is 488 g/mol. The van der Waals surface area contributed by atoms with Crippen LogP contribution in [0.1, 0.15) is 37.8 Å². The van der Waals surface area contributed by atoms with E-state index in [9.17, 15) is 29.4 Å². The van der Waals surface area contributed by atoms with Crippen LogP contribution in [-0.4, -0.2) is 65.2 Å². The number of ether oxygens (including phenoxy) is 2. The number of rotatable bonds is 9. The maximum atomic E-state index is 13.3. The van der Waals surface area contributed by atoms with Crippen LogP contribution in [-0.2, 0) is 19.2 Å². The smallest absolute Gasteiger partial charge is 0.325 e. The van der Waals surface area contributed by atoms with Gasteiger partial charge in [-0.05, 0) is 40.0 Å². The van der Waals surface area contributed by atoms with Crippen LogP contribution in [0, 0.1) is 11.8 Å². The van der Waals surface area contributed by atoms with Crippen molar-refractivity contribution in [3.8, 4) is 11.5 Å². The second-order valence-electron chi connectivity index (χ2n) is 7.89. The Hall–Kier alpha value is -2.66. The number of nitrogens with one attached hydrogen (secondary N) is 1. The summed E-state index contributed by atoms with van der Waals surface area (Å²) in [6.45, 7) is 2.07. The second-order valence-corrected chi connectivity index (χ2v) is 8.75. The fourth-order valence-electron chi connectivity index (χ4n) is 4.68. The summed E-state index contributed by atoms with van der Waals surface area (Å²) >= 11 is 3.38. The number of aliphatic carboxylic acids is 2. The highest BCUT2D eigenvalue weighted by Crippen LogP contribution is 2.51. The van der Waals surface area contributed by atoms with E-state index >= 15 is 0 Å². The summed E-state index contributed by atoms with van der Waals surface area (Å²) in [6, 6.07) is 2.31. The molecule has 0 bridgehead atoms. The molecule has 11 heteroatoms. The van der Waals surface area contributed by atoms with Crippen LogP contribution >= 0.6 is 15.9 Å². The minimum absolute atomic E-state index is 0.159.